The fraction of sp³-hybridized carbons (Fsp3) is 0.308. The highest BCUT2D eigenvalue weighted by Crippen LogP contribution is 2.12. The number of nitrogens with zero attached hydrogens (tertiary/aromatic N) is 2. The molecule has 1 atom stereocenters. The molecule has 1 unspecified atom stereocenters. The summed E-state index contributed by atoms with van der Waals surface area (Å²) in [5.41, 5.74) is 1.76. The summed E-state index contributed by atoms with van der Waals surface area (Å²) in [5, 5.41) is 15.2. The van der Waals surface area contributed by atoms with Crippen LogP contribution in [-0.4, -0.2) is 16.7 Å². The van der Waals surface area contributed by atoms with Crippen LogP contribution in [0.5, 0.6) is 0 Å². The number of hydrogen-bond acceptors (Lipinski definition) is 3. The average Bonchev–Trinajstić information content (AvgIpc) is 2.29. The third-order valence-corrected chi connectivity index (χ3v) is 2.41. The van der Waals surface area contributed by atoms with Crippen LogP contribution in [0, 0.1) is 5.21 Å². The molecular weight excluding hydrogens is 216 g/mol. The summed E-state index contributed by atoms with van der Waals surface area (Å²) in [4.78, 5) is 11.4. The van der Waals surface area contributed by atoms with Gasteiger partial charge in [0.05, 0.1) is 0 Å². The van der Waals surface area contributed by atoms with Gasteiger partial charge in [-0.3, -0.25) is 4.79 Å². The van der Waals surface area contributed by atoms with Crippen LogP contribution in [0.2, 0.25) is 0 Å². The van der Waals surface area contributed by atoms with E-state index in [1.807, 2.05) is 37.3 Å². The molecule has 0 aliphatic heterocycles. The summed E-state index contributed by atoms with van der Waals surface area (Å²) in [6, 6.07) is 8.93. The summed E-state index contributed by atoms with van der Waals surface area (Å²) in [6.07, 6.45) is 1.37. The molecule has 0 amide bonds. The van der Waals surface area contributed by atoms with E-state index < -0.39 is 6.04 Å². The van der Waals surface area contributed by atoms with Crippen LogP contribution in [0.3, 0.4) is 0 Å². The normalized spacial score (nSPS) is 14.5. The van der Waals surface area contributed by atoms with Crippen molar-refractivity contribution in [2.45, 2.75) is 26.8 Å². The van der Waals surface area contributed by atoms with Crippen LogP contribution in [0.4, 0.5) is 0 Å². The molecule has 0 saturated heterocycles. The van der Waals surface area contributed by atoms with Gasteiger partial charge in [0.15, 0.2) is 11.8 Å². The Labute approximate surface area is 101 Å². The molecule has 4 heteroatoms. The van der Waals surface area contributed by atoms with Crippen LogP contribution < -0.4 is 0 Å². The first-order valence-electron chi connectivity index (χ1n) is 5.42. The van der Waals surface area contributed by atoms with E-state index in [2.05, 4.69) is 5.11 Å². The molecule has 0 radical (unpaired) electrons. The number of carbonyl (C=O) groups is 1. The minimum absolute atomic E-state index is 0.128. The molecule has 0 bridgehead atoms. The molecule has 1 aromatic carbocycles. The Kier molecular flexibility index (Phi) is 4.57. The van der Waals surface area contributed by atoms with Crippen molar-refractivity contribution < 1.29 is 9.66 Å². The van der Waals surface area contributed by atoms with Gasteiger partial charge in [-0.1, -0.05) is 35.2 Å². The fourth-order valence-electron chi connectivity index (χ4n) is 1.23. The van der Waals surface area contributed by atoms with Crippen LogP contribution in [0.15, 0.2) is 41.6 Å². The molecule has 0 fully saturated rings. The molecule has 0 N–H and O–H groups in total. The summed E-state index contributed by atoms with van der Waals surface area (Å²) in [6.45, 7) is 4.84. The second-order valence-corrected chi connectivity index (χ2v) is 3.88. The number of ketones is 1. The first-order chi connectivity index (χ1) is 8.00. The Bertz CT molecular complexity index is 450. The third-order valence-electron chi connectivity index (χ3n) is 2.41. The lowest BCUT2D eigenvalue weighted by molar-refractivity contribution is -0.460. The highest BCUT2D eigenvalue weighted by molar-refractivity contribution is 5.80. The van der Waals surface area contributed by atoms with Crippen LogP contribution in [0.1, 0.15) is 26.3 Å². The van der Waals surface area contributed by atoms with Crippen molar-refractivity contribution in [3.63, 3.8) is 0 Å². The number of allylic oxidation sites excluding steroid dienone is 1. The molecular formula is C13H16N2O2. The van der Waals surface area contributed by atoms with Gasteiger partial charge in [0.25, 0.3) is 0 Å². The van der Waals surface area contributed by atoms with Crippen LogP contribution in [-0.2, 0) is 4.79 Å². The van der Waals surface area contributed by atoms with E-state index in [-0.39, 0.29) is 5.78 Å². The lowest BCUT2D eigenvalue weighted by Crippen LogP contribution is -2.12. The lowest BCUT2D eigenvalue weighted by Gasteiger charge is -2.01. The zero-order chi connectivity index (χ0) is 12.8. The van der Waals surface area contributed by atoms with Crippen LogP contribution in [0.25, 0.3) is 5.57 Å². The second-order valence-electron chi connectivity index (χ2n) is 3.88. The fourth-order valence-corrected chi connectivity index (χ4v) is 1.23. The maximum atomic E-state index is 11.5. The van der Waals surface area contributed by atoms with E-state index in [1.54, 1.807) is 6.92 Å². The second kappa shape index (κ2) is 5.94. The number of benzene rings is 1. The Hall–Kier alpha value is -1.97. The van der Waals surface area contributed by atoms with E-state index in [4.69, 9.17) is 0 Å². The maximum Gasteiger partial charge on any atom is 0.212 e. The molecule has 0 saturated carbocycles. The zero-order valence-corrected chi connectivity index (χ0v) is 10.3. The van der Waals surface area contributed by atoms with Crippen molar-refractivity contribution in [1.82, 2.24) is 0 Å². The standard InChI is InChI=1S/C13H16N2O2/c1-10(13-7-5-4-6-8-13)9-15(17)14-11(2)12(3)16/h4-9,11H,1-3H3/b10-9+,15-14?. The van der Waals surface area contributed by atoms with Crippen molar-refractivity contribution in [3.8, 4) is 0 Å². The van der Waals surface area contributed by atoms with Crippen molar-refractivity contribution in [1.29, 1.82) is 0 Å². The quantitative estimate of drug-likeness (QED) is 0.455. The first kappa shape index (κ1) is 13.1. The van der Waals surface area contributed by atoms with Crippen molar-refractivity contribution >= 4 is 11.4 Å². The molecule has 90 valence electrons. The summed E-state index contributed by atoms with van der Waals surface area (Å²) < 4.78 is 0. The largest absolute Gasteiger partial charge is 0.595 e. The number of rotatable bonds is 4. The molecule has 0 aliphatic carbocycles. The van der Waals surface area contributed by atoms with E-state index in [0.717, 1.165) is 11.1 Å². The first-order valence-corrected chi connectivity index (χ1v) is 5.42. The minimum Gasteiger partial charge on any atom is -0.595 e. The van der Waals surface area contributed by atoms with Crippen molar-refractivity contribution in [2.75, 3.05) is 0 Å². The zero-order valence-electron chi connectivity index (χ0n) is 10.3. The van der Waals surface area contributed by atoms with Crippen molar-refractivity contribution in [2.24, 2.45) is 5.11 Å². The van der Waals surface area contributed by atoms with Gasteiger partial charge in [-0.05, 0) is 31.4 Å². The van der Waals surface area contributed by atoms with Gasteiger partial charge >= 0.3 is 0 Å². The Morgan fingerprint density at radius 1 is 1.35 bits per heavy atom. The van der Waals surface area contributed by atoms with Crippen molar-refractivity contribution in [3.05, 3.63) is 47.3 Å². The molecule has 0 aliphatic rings. The topological polar surface area (TPSA) is 55.5 Å². The molecule has 1 rings (SSSR count). The van der Waals surface area contributed by atoms with Gasteiger partial charge in [-0.15, -0.1) is 0 Å². The lowest BCUT2D eigenvalue weighted by atomic mass is 10.1. The van der Waals surface area contributed by atoms with Gasteiger partial charge in [0.2, 0.25) is 6.20 Å². The summed E-state index contributed by atoms with van der Waals surface area (Å²) in [7, 11) is 0. The van der Waals surface area contributed by atoms with Gasteiger partial charge in [-0.2, -0.15) is 0 Å². The van der Waals surface area contributed by atoms with Crippen LogP contribution >= 0.6 is 0 Å². The SMILES string of the molecule is CC(=O)C(C)N=[N+]([O-])/C=C(\C)c1ccccc1. The van der Waals surface area contributed by atoms with Gasteiger partial charge < -0.3 is 5.21 Å². The van der Waals surface area contributed by atoms with E-state index in [1.165, 1.54) is 13.1 Å². The predicted octanol–water partition coefficient (Wildman–Crippen LogP) is 2.99. The minimum atomic E-state index is -0.604. The monoisotopic (exact) mass is 232 g/mol. The summed E-state index contributed by atoms with van der Waals surface area (Å²) >= 11 is 0. The number of azo groups is 1. The van der Waals surface area contributed by atoms with E-state index in [0.29, 0.717) is 4.86 Å². The average molecular weight is 232 g/mol. The molecule has 0 spiro atoms. The summed E-state index contributed by atoms with van der Waals surface area (Å²) in [5.74, 6) is -0.128. The van der Waals surface area contributed by atoms with Gasteiger partial charge in [0, 0.05) is 5.57 Å². The Balaban J connectivity index is 2.86. The number of Topliss-reactive ketones (excluding diaryl/α,β-unsaturated/α-hetero) is 1. The molecule has 4 nitrogen and oxygen atoms in total. The molecule has 0 heterocycles. The highest BCUT2D eigenvalue weighted by atomic mass is 16.5. The molecule has 17 heavy (non-hydrogen) atoms. The smallest absolute Gasteiger partial charge is 0.212 e. The molecule has 0 aromatic heterocycles. The maximum absolute atomic E-state index is 11.5. The molecule has 1 aromatic rings. The highest BCUT2D eigenvalue weighted by Gasteiger charge is 2.09. The number of hydroxylamine groups is 1. The van der Waals surface area contributed by atoms with Gasteiger partial charge in [-0.25, -0.2) is 0 Å². The number of carbonyl (C=O) groups excluding carboxylic acids is 1. The predicted molar refractivity (Wildman–Crippen MR) is 66.3 cm³/mol. The third kappa shape index (κ3) is 4.18. The van der Waals surface area contributed by atoms with E-state index in [9.17, 15) is 10.0 Å². The van der Waals surface area contributed by atoms with E-state index >= 15 is 0 Å². The van der Waals surface area contributed by atoms with Gasteiger partial charge in [0.1, 0.15) is 0 Å². The Morgan fingerprint density at radius 3 is 2.47 bits per heavy atom. The number of hydrogen-bond donors (Lipinski definition) is 0. The Morgan fingerprint density at radius 2 is 1.94 bits per heavy atom.